The van der Waals surface area contributed by atoms with Crippen LogP contribution in [0.25, 0.3) is 92.7 Å². The van der Waals surface area contributed by atoms with Gasteiger partial charge in [0.1, 0.15) is 0 Å². The molecule has 0 aliphatic rings. The van der Waals surface area contributed by atoms with Gasteiger partial charge in [-0.25, -0.2) is 9.97 Å². The van der Waals surface area contributed by atoms with Gasteiger partial charge in [-0.2, -0.15) is 0 Å². The van der Waals surface area contributed by atoms with Gasteiger partial charge in [-0.15, -0.1) is 11.3 Å². The van der Waals surface area contributed by atoms with Crippen molar-refractivity contribution in [3.8, 4) is 50.7 Å². The molecule has 0 radical (unpaired) electrons. The van der Waals surface area contributed by atoms with Crippen molar-refractivity contribution in [1.29, 1.82) is 0 Å². The molecule has 0 unspecified atom stereocenters. The van der Waals surface area contributed by atoms with E-state index in [4.69, 9.17) is 9.97 Å². The van der Waals surface area contributed by atoms with E-state index in [1.807, 2.05) is 23.5 Å². The maximum Gasteiger partial charge on any atom is 0.160 e. The molecule has 0 aliphatic heterocycles. The minimum absolute atomic E-state index is 0.730. The van der Waals surface area contributed by atoms with Crippen molar-refractivity contribution in [2.24, 2.45) is 0 Å². The fourth-order valence-electron chi connectivity index (χ4n) is 7.19. The summed E-state index contributed by atoms with van der Waals surface area (Å²) in [7, 11) is 0. The van der Waals surface area contributed by atoms with E-state index in [9.17, 15) is 0 Å². The number of hydrogen-bond acceptors (Lipinski definition) is 3. The Morgan fingerprint density at radius 3 is 1.42 bits per heavy atom. The molecule has 10 aromatic rings. The smallest absolute Gasteiger partial charge is 0.160 e. The van der Waals surface area contributed by atoms with Crippen molar-refractivity contribution >= 4 is 53.3 Å². The highest BCUT2D eigenvalue weighted by molar-refractivity contribution is 7.25. The summed E-state index contributed by atoms with van der Waals surface area (Å²) in [6, 6.07) is 62.5. The van der Waals surface area contributed by atoms with Crippen LogP contribution >= 0.6 is 11.3 Å². The largest absolute Gasteiger partial charge is 0.309 e. The zero-order chi connectivity index (χ0) is 33.0. The minimum Gasteiger partial charge on any atom is -0.309 e. The lowest BCUT2D eigenvalue weighted by atomic mass is 10.0. The van der Waals surface area contributed by atoms with E-state index in [1.165, 1.54) is 53.1 Å². The molecule has 50 heavy (non-hydrogen) atoms. The number of fused-ring (bicyclic) bond motifs is 6. The van der Waals surface area contributed by atoms with Crippen LogP contribution in [-0.2, 0) is 0 Å². The van der Waals surface area contributed by atoms with E-state index in [-0.39, 0.29) is 0 Å². The summed E-state index contributed by atoms with van der Waals surface area (Å²) in [6.45, 7) is 0. The molecule has 7 aromatic carbocycles. The van der Waals surface area contributed by atoms with Crippen LogP contribution in [0.4, 0.5) is 0 Å². The number of benzene rings is 7. The normalized spacial score (nSPS) is 11.6. The number of thiophene rings is 1. The van der Waals surface area contributed by atoms with Gasteiger partial charge >= 0.3 is 0 Å². The number of rotatable bonds is 5. The third kappa shape index (κ3) is 4.80. The van der Waals surface area contributed by atoms with Crippen molar-refractivity contribution in [3.05, 3.63) is 176 Å². The molecule has 10 rings (SSSR count). The van der Waals surface area contributed by atoms with Gasteiger partial charge in [-0.1, -0.05) is 133 Å². The fraction of sp³-hybridized carbons (Fsp3) is 0. The maximum absolute atomic E-state index is 5.06. The number of para-hydroxylation sites is 2. The lowest BCUT2D eigenvalue weighted by Crippen LogP contribution is -1.95. The average Bonchev–Trinajstić information content (AvgIpc) is 3.73. The Hall–Kier alpha value is -6.36. The summed E-state index contributed by atoms with van der Waals surface area (Å²) in [5.74, 6) is 0.730. The van der Waals surface area contributed by atoms with Crippen molar-refractivity contribution in [2.75, 3.05) is 0 Å². The molecule has 234 valence electrons. The molecule has 0 spiro atoms. The summed E-state index contributed by atoms with van der Waals surface area (Å²) < 4.78 is 4.86. The highest BCUT2D eigenvalue weighted by atomic mass is 32.1. The first kappa shape index (κ1) is 28.6. The molecule has 3 nitrogen and oxygen atoms in total. The van der Waals surface area contributed by atoms with E-state index < -0.39 is 0 Å². The van der Waals surface area contributed by atoms with Gasteiger partial charge in [-0.3, -0.25) is 0 Å². The Balaban J connectivity index is 1.03. The Morgan fingerprint density at radius 1 is 0.360 bits per heavy atom. The molecule has 0 saturated carbocycles. The summed E-state index contributed by atoms with van der Waals surface area (Å²) in [5.41, 5.74) is 11.0. The highest BCUT2D eigenvalue weighted by Crippen LogP contribution is 2.39. The third-order valence-electron chi connectivity index (χ3n) is 9.64. The topological polar surface area (TPSA) is 30.7 Å². The van der Waals surface area contributed by atoms with E-state index >= 15 is 0 Å². The highest BCUT2D eigenvalue weighted by Gasteiger charge is 2.15. The Morgan fingerprint density at radius 2 is 0.840 bits per heavy atom. The van der Waals surface area contributed by atoms with E-state index in [0.29, 0.717) is 0 Å². The van der Waals surface area contributed by atoms with Crippen LogP contribution in [-0.4, -0.2) is 14.5 Å². The van der Waals surface area contributed by atoms with Crippen molar-refractivity contribution in [2.45, 2.75) is 0 Å². The fourth-order valence-corrected chi connectivity index (χ4v) is 8.37. The van der Waals surface area contributed by atoms with Crippen LogP contribution in [0.5, 0.6) is 0 Å². The molecule has 0 fully saturated rings. The number of nitrogens with zero attached hydrogens (tertiary/aromatic N) is 3. The van der Waals surface area contributed by atoms with Gasteiger partial charge in [0.05, 0.1) is 22.4 Å². The zero-order valence-corrected chi connectivity index (χ0v) is 27.8. The second-order valence-corrected chi connectivity index (χ2v) is 13.7. The quantitative estimate of drug-likeness (QED) is 0.185. The Labute approximate surface area is 293 Å². The van der Waals surface area contributed by atoms with Crippen molar-refractivity contribution in [1.82, 2.24) is 14.5 Å². The van der Waals surface area contributed by atoms with E-state index in [1.54, 1.807) is 0 Å². The van der Waals surface area contributed by atoms with Crippen LogP contribution in [0.2, 0.25) is 0 Å². The standard InChI is InChI=1S/C46H29N3S/c1-3-11-31(12-4-1)40-29-41(32-13-5-2-6-14-32)48-46(47-40)34-22-26-39-38-25-21-33(27-44(38)50-45(39)28-34)30-19-23-35(24-20-30)49-42-17-9-7-15-36(42)37-16-8-10-18-43(37)49/h1-29H. The molecule has 0 saturated heterocycles. The van der Waals surface area contributed by atoms with E-state index in [0.717, 1.165) is 39.6 Å². The van der Waals surface area contributed by atoms with Crippen LogP contribution in [0, 0.1) is 0 Å². The molecular formula is C46H29N3S. The van der Waals surface area contributed by atoms with Crippen LogP contribution in [0.1, 0.15) is 0 Å². The number of hydrogen-bond donors (Lipinski definition) is 0. The zero-order valence-electron chi connectivity index (χ0n) is 27.0. The van der Waals surface area contributed by atoms with Gasteiger partial charge in [0, 0.05) is 53.3 Å². The molecule has 3 heterocycles. The molecule has 0 N–H and O–H groups in total. The second-order valence-electron chi connectivity index (χ2n) is 12.6. The molecule has 0 aliphatic carbocycles. The average molecular weight is 656 g/mol. The first-order chi connectivity index (χ1) is 24.8. The minimum atomic E-state index is 0.730. The number of aromatic nitrogens is 3. The summed E-state index contributed by atoms with van der Waals surface area (Å²) >= 11 is 1.82. The molecule has 0 atom stereocenters. The van der Waals surface area contributed by atoms with Gasteiger partial charge in [0.2, 0.25) is 0 Å². The SMILES string of the molecule is c1ccc(-c2cc(-c3ccccc3)nc(-c3ccc4c(c3)sc3cc(-c5ccc(-n6c7ccccc7c7ccccc76)cc5)ccc34)n2)cc1. The maximum atomic E-state index is 5.06. The third-order valence-corrected chi connectivity index (χ3v) is 10.8. The Bertz CT molecular complexity index is 2740. The first-order valence-electron chi connectivity index (χ1n) is 16.8. The predicted octanol–water partition coefficient (Wildman–Crippen LogP) is 12.6. The molecule has 3 aromatic heterocycles. The van der Waals surface area contributed by atoms with Gasteiger partial charge < -0.3 is 4.57 Å². The molecule has 4 heteroatoms. The lowest BCUT2D eigenvalue weighted by Gasteiger charge is -2.09. The van der Waals surface area contributed by atoms with Crippen LogP contribution in [0.3, 0.4) is 0 Å². The van der Waals surface area contributed by atoms with Crippen molar-refractivity contribution < 1.29 is 0 Å². The van der Waals surface area contributed by atoms with Gasteiger partial charge in [0.25, 0.3) is 0 Å². The van der Waals surface area contributed by atoms with E-state index in [2.05, 4.69) is 168 Å². The Kier molecular flexibility index (Phi) is 6.68. The first-order valence-corrected chi connectivity index (χ1v) is 17.6. The molecule has 0 bridgehead atoms. The van der Waals surface area contributed by atoms with Crippen LogP contribution < -0.4 is 0 Å². The van der Waals surface area contributed by atoms with Crippen molar-refractivity contribution in [3.63, 3.8) is 0 Å². The monoisotopic (exact) mass is 655 g/mol. The van der Waals surface area contributed by atoms with Gasteiger partial charge in [-0.05, 0) is 53.6 Å². The molecule has 0 amide bonds. The summed E-state index contributed by atoms with van der Waals surface area (Å²) in [4.78, 5) is 10.1. The predicted molar refractivity (Wildman–Crippen MR) is 211 cm³/mol. The lowest BCUT2D eigenvalue weighted by molar-refractivity contribution is 1.18. The summed E-state index contributed by atoms with van der Waals surface area (Å²) in [6.07, 6.45) is 0. The molecular weight excluding hydrogens is 627 g/mol. The second kappa shape index (κ2) is 11.7. The van der Waals surface area contributed by atoms with Gasteiger partial charge in [0.15, 0.2) is 5.82 Å². The summed E-state index contributed by atoms with van der Waals surface area (Å²) in [5, 5.41) is 5.07. The van der Waals surface area contributed by atoms with Crippen LogP contribution in [0.15, 0.2) is 176 Å².